The van der Waals surface area contributed by atoms with E-state index in [0.29, 0.717) is 45.0 Å². The lowest BCUT2D eigenvalue weighted by Gasteiger charge is -2.18. The largest absolute Gasteiger partial charge is 0.456 e. The Morgan fingerprint density at radius 3 is 2.14 bits per heavy atom. The number of benzene rings is 4. The summed E-state index contributed by atoms with van der Waals surface area (Å²) in [5, 5.41) is 23.4. The first-order chi connectivity index (χ1) is 20.4. The van der Waals surface area contributed by atoms with Crippen molar-refractivity contribution in [1.82, 2.24) is 4.58 Å². The molecule has 14 heteroatoms. The number of para-hydroxylation sites is 1. The maximum atomic E-state index is 12.5. The van der Waals surface area contributed by atoms with Gasteiger partial charge in [-0.1, -0.05) is 18.2 Å². The molecule has 0 saturated heterocycles. The Morgan fingerprint density at radius 2 is 1.49 bits per heavy atom. The summed E-state index contributed by atoms with van der Waals surface area (Å²) < 4.78 is 77.3. The predicted octanol–water partition coefficient (Wildman–Crippen LogP) is 3.96. The van der Waals surface area contributed by atoms with E-state index >= 15 is 0 Å². The minimum Gasteiger partial charge on any atom is -0.456 e. The molecule has 1 aliphatic carbocycles. The van der Waals surface area contributed by atoms with Gasteiger partial charge in [-0.05, 0) is 58.4 Å². The van der Waals surface area contributed by atoms with Crippen LogP contribution in [0, 0.1) is 0 Å². The molecule has 0 radical (unpaired) electrons. The minimum absolute atomic E-state index is 0.0254. The number of nitrogens with zero attached hydrogens (tertiary/aromatic N) is 1. The van der Waals surface area contributed by atoms with Gasteiger partial charge < -0.3 is 19.9 Å². The van der Waals surface area contributed by atoms with Gasteiger partial charge in [-0.15, -0.1) is 0 Å². The van der Waals surface area contributed by atoms with E-state index in [0.717, 1.165) is 16.2 Å². The first-order valence-electron chi connectivity index (χ1n) is 12.8. The highest BCUT2D eigenvalue weighted by Crippen LogP contribution is 2.43. The van der Waals surface area contributed by atoms with Crippen molar-refractivity contribution >= 4 is 58.5 Å². The van der Waals surface area contributed by atoms with E-state index in [1.165, 1.54) is 6.07 Å². The van der Waals surface area contributed by atoms with Crippen molar-refractivity contribution in [2.75, 3.05) is 31.6 Å². The van der Waals surface area contributed by atoms with Crippen LogP contribution in [0.15, 0.2) is 97.5 Å². The van der Waals surface area contributed by atoms with Crippen molar-refractivity contribution in [3.8, 4) is 22.5 Å². The van der Waals surface area contributed by atoms with Gasteiger partial charge in [-0.3, -0.25) is 9.11 Å². The first kappa shape index (κ1) is 30.8. The molecule has 3 aromatic carbocycles. The molecule has 3 aromatic rings. The van der Waals surface area contributed by atoms with E-state index in [4.69, 9.17) is 4.42 Å². The van der Waals surface area contributed by atoms with Crippen LogP contribution in [0.1, 0.15) is 0 Å². The van der Waals surface area contributed by atoms with Gasteiger partial charge in [0.1, 0.15) is 29.5 Å². The van der Waals surface area contributed by atoms with Crippen LogP contribution in [0.3, 0.4) is 0 Å². The molecule has 11 nitrogen and oxygen atoms in total. The lowest BCUT2D eigenvalue weighted by Crippen LogP contribution is -2.34. The Kier molecular flexibility index (Phi) is 8.72. The number of halogens is 1. The van der Waals surface area contributed by atoms with Crippen molar-refractivity contribution in [3.63, 3.8) is 0 Å². The molecule has 43 heavy (non-hydrogen) atoms. The highest BCUT2D eigenvalue weighted by molar-refractivity contribution is 9.10. The number of fused-ring (bicyclic) bond motifs is 2. The molecular weight excluding hydrogens is 664 g/mol. The van der Waals surface area contributed by atoms with Gasteiger partial charge in [0, 0.05) is 44.4 Å². The molecule has 0 spiro atoms. The molecule has 5 rings (SSSR count). The fourth-order valence-electron chi connectivity index (χ4n) is 4.86. The third-order valence-electron chi connectivity index (χ3n) is 6.76. The monoisotopic (exact) mass is 689 g/mol. The topological polar surface area (TPSA) is 177 Å². The van der Waals surface area contributed by atoms with Crippen LogP contribution in [-0.2, 0) is 20.2 Å². The van der Waals surface area contributed by atoms with Crippen LogP contribution in [0.25, 0.3) is 33.4 Å². The van der Waals surface area contributed by atoms with Crippen LogP contribution in [-0.4, -0.2) is 62.5 Å². The van der Waals surface area contributed by atoms with Crippen molar-refractivity contribution < 1.29 is 40.6 Å². The molecule has 0 fully saturated rings. The van der Waals surface area contributed by atoms with E-state index in [-0.39, 0.29) is 31.9 Å². The highest BCUT2D eigenvalue weighted by Gasteiger charge is 2.26. The molecule has 0 bridgehead atoms. The van der Waals surface area contributed by atoms with E-state index in [1.54, 1.807) is 41.0 Å². The molecule has 0 unspecified atom stereocenters. The summed E-state index contributed by atoms with van der Waals surface area (Å²) in [6.07, 6.45) is 0. The lowest BCUT2D eigenvalue weighted by atomic mass is 9.93. The van der Waals surface area contributed by atoms with Crippen LogP contribution >= 0.6 is 15.9 Å². The number of rotatable bonds is 9. The number of nitrogens with one attached hydrogen (secondary N) is 1. The van der Waals surface area contributed by atoms with Gasteiger partial charge in [-0.2, -0.15) is 16.8 Å². The predicted molar refractivity (Wildman–Crippen MR) is 165 cm³/mol. The number of aliphatic hydroxyl groups excluding tert-OH is 2. The summed E-state index contributed by atoms with van der Waals surface area (Å²) in [4.78, 5) is -1.43. The zero-order chi connectivity index (χ0) is 30.9. The number of hydrogen-bond donors (Lipinski definition) is 5. The summed E-state index contributed by atoms with van der Waals surface area (Å²) in [7, 11) is -9.77. The second kappa shape index (κ2) is 12.2. The Hall–Kier alpha value is -3.63. The summed E-state index contributed by atoms with van der Waals surface area (Å²) in [6, 6.07) is 20.6. The molecular formula is C29H26BrN2O9S2+. The van der Waals surface area contributed by atoms with Crippen molar-refractivity contribution in [2.24, 2.45) is 0 Å². The molecule has 1 aliphatic heterocycles. The van der Waals surface area contributed by atoms with Crippen molar-refractivity contribution in [1.29, 1.82) is 0 Å². The van der Waals surface area contributed by atoms with Crippen LogP contribution in [0.4, 0.5) is 11.4 Å². The van der Waals surface area contributed by atoms with Crippen LogP contribution in [0.5, 0.6) is 0 Å². The maximum Gasteiger partial charge on any atom is 0.295 e. The van der Waals surface area contributed by atoms with Crippen LogP contribution in [0.2, 0.25) is 0 Å². The number of aliphatic hydroxyl groups is 2. The average molecular weight is 691 g/mol. The summed E-state index contributed by atoms with van der Waals surface area (Å²) >= 11 is 3.50. The van der Waals surface area contributed by atoms with E-state index in [9.17, 15) is 36.2 Å². The second-order valence-electron chi connectivity index (χ2n) is 9.52. The molecule has 5 N–H and O–H groups in total. The fourth-order valence-corrected chi connectivity index (χ4v) is 6.55. The smallest absolute Gasteiger partial charge is 0.295 e. The van der Waals surface area contributed by atoms with E-state index < -0.39 is 30.0 Å². The molecule has 224 valence electrons. The van der Waals surface area contributed by atoms with Gasteiger partial charge in [0.15, 0.2) is 13.1 Å². The summed E-state index contributed by atoms with van der Waals surface area (Å²) in [5.41, 5.74) is 2.47. The van der Waals surface area contributed by atoms with Crippen molar-refractivity contribution in [3.05, 3.63) is 88.7 Å². The van der Waals surface area contributed by atoms with Gasteiger partial charge in [-0.25, -0.2) is 4.58 Å². The SMILES string of the molecule is O=S(=O)(O)c1ccc(-c2c3ccc(=[N+](CCO)CCO)cc-3oc3cc(Nc4ccccc4Br)ccc23)c(S(=O)(=O)O)c1. The third-order valence-corrected chi connectivity index (χ3v) is 9.20. The van der Waals surface area contributed by atoms with Gasteiger partial charge in [0.2, 0.25) is 5.36 Å². The normalized spacial score (nSPS) is 12.1. The highest BCUT2D eigenvalue weighted by atomic mass is 79.9. The second-order valence-corrected chi connectivity index (χ2v) is 13.2. The summed E-state index contributed by atoms with van der Waals surface area (Å²) in [5.74, 6) is 0.305. The Labute approximate surface area is 255 Å². The zero-order valence-electron chi connectivity index (χ0n) is 22.3. The molecule has 0 amide bonds. The van der Waals surface area contributed by atoms with Crippen LogP contribution < -0.4 is 15.2 Å². The van der Waals surface area contributed by atoms with Crippen molar-refractivity contribution in [2.45, 2.75) is 9.79 Å². The zero-order valence-corrected chi connectivity index (χ0v) is 25.5. The van der Waals surface area contributed by atoms with E-state index in [1.807, 2.05) is 24.3 Å². The van der Waals surface area contributed by atoms with Gasteiger partial charge in [0.05, 0.1) is 16.6 Å². The Morgan fingerprint density at radius 1 is 0.791 bits per heavy atom. The minimum atomic E-state index is -4.98. The number of anilines is 2. The Bertz CT molecular complexity index is 2100. The van der Waals surface area contributed by atoms with Gasteiger partial charge >= 0.3 is 0 Å². The number of hydrogen-bond acceptors (Lipinski definition) is 8. The lowest BCUT2D eigenvalue weighted by molar-refractivity contribution is 0.250. The molecule has 2 aliphatic rings. The van der Waals surface area contributed by atoms with E-state index in [2.05, 4.69) is 21.2 Å². The third kappa shape index (κ3) is 6.50. The average Bonchev–Trinajstić information content (AvgIpc) is 2.95. The first-order valence-corrected chi connectivity index (χ1v) is 16.5. The summed E-state index contributed by atoms with van der Waals surface area (Å²) in [6.45, 7) is 0.132. The standard InChI is InChI=1S/C29H25BrN2O9S2/c30-24-3-1-2-4-25(24)31-18-5-8-21-26(15-18)41-27-16-19(32(11-13-33)12-14-34)6-9-22(27)29(21)23-10-7-20(42(35,36)37)17-28(23)43(38,39)40/h1-10,15-17,33-34H,11-14H2,(H2,35,36,37,38,39,40)/p+1. The molecule has 0 aromatic heterocycles. The molecule has 1 heterocycles. The van der Waals surface area contributed by atoms with Gasteiger partial charge in [0.25, 0.3) is 20.2 Å². The molecule has 0 atom stereocenters. The molecule has 0 saturated carbocycles. The maximum absolute atomic E-state index is 12.5. The fraction of sp³-hybridized carbons (Fsp3) is 0.138. The quantitative estimate of drug-likeness (QED) is 0.0865. The Balaban J connectivity index is 1.86.